The van der Waals surface area contributed by atoms with Crippen molar-refractivity contribution in [3.8, 4) is 0 Å². The van der Waals surface area contributed by atoms with Crippen LogP contribution in [0.4, 0.5) is 10.5 Å². The fraction of sp³-hybridized carbons (Fsp3) is 0.462. The van der Waals surface area contributed by atoms with Gasteiger partial charge in [-0.15, -0.1) is 0 Å². The first kappa shape index (κ1) is 11.0. The molecule has 0 saturated heterocycles. The largest absolute Gasteiger partial charge is 0.465 e. The summed E-state index contributed by atoms with van der Waals surface area (Å²) in [5.41, 5.74) is 2.00. The lowest BCUT2D eigenvalue weighted by Gasteiger charge is -2.37. The molecule has 1 aliphatic rings. The Bertz CT molecular complexity index is 401. The van der Waals surface area contributed by atoms with Crippen LogP contribution in [0.3, 0.4) is 0 Å². The smallest absolute Gasteiger partial charge is 0.412 e. The normalized spacial score (nSPS) is 19.7. The Morgan fingerprint density at radius 1 is 1.44 bits per heavy atom. The lowest BCUT2D eigenvalue weighted by molar-refractivity contribution is 0.194. The Labute approximate surface area is 95.7 Å². The monoisotopic (exact) mass is 219 g/mol. The first-order valence-corrected chi connectivity index (χ1v) is 5.71. The second kappa shape index (κ2) is 4.16. The van der Waals surface area contributed by atoms with Crippen LogP contribution in [0, 0.1) is 5.92 Å². The SMILES string of the molecule is CC(C)C1CCc2ccccc2N1C(=O)O. The zero-order valence-corrected chi connectivity index (χ0v) is 9.68. The third kappa shape index (κ3) is 1.77. The molecular formula is C13H17NO2. The van der Waals surface area contributed by atoms with E-state index in [1.165, 1.54) is 4.90 Å². The summed E-state index contributed by atoms with van der Waals surface area (Å²) in [7, 11) is 0. The Hall–Kier alpha value is -1.51. The van der Waals surface area contributed by atoms with Crippen LogP contribution in [0.5, 0.6) is 0 Å². The quantitative estimate of drug-likeness (QED) is 0.788. The molecule has 3 heteroatoms. The number of benzene rings is 1. The molecule has 0 fully saturated rings. The first-order chi connectivity index (χ1) is 7.61. The molecule has 0 saturated carbocycles. The third-order valence-corrected chi connectivity index (χ3v) is 3.27. The molecule has 86 valence electrons. The van der Waals surface area contributed by atoms with E-state index in [-0.39, 0.29) is 6.04 Å². The molecule has 16 heavy (non-hydrogen) atoms. The first-order valence-electron chi connectivity index (χ1n) is 5.71. The van der Waals surface area contributed by atoms with Crippen molar-refractivity contribution in [2.45, 2.75) is 32.7 Å². The van der Waals surface area contributed by atoms with E-state index in [2.05, 4.69) is 13.8 Å². The summed E-state index contributed by atoms with van der Waals surface area (Å²) in [4.78, 5) is 12.9. The molecule has 0 spiro atoms. The predicted octanol–water partition coefficient (Wildman–Crippen LogP) is 3.14. The molecule has 1 N–H and O–H groups in total. The van der Waals surface area contributed by atoms with Gasteiger partial charge in [0.15, 0.2) is 0 Å². The summed E-state index contributed by atoms with van der Waals surface area (Å²) >= 11 is 0. The molecule has 1 amide bonds. The van der Waals surface area contributed by atoms with Gasteiger partial charge in [0.2, 0.25) is 0 Å². The van der Waals surface area contributed by atoms with E-state index in [0.717, 1.165) is 24.1 Å². The predicted molar refractivity (Wildman–Crippen MR) is 63.9 cm³/mol. The van der Waals surface area contributed by atoms with Crippen LogP contribution in [-0.4, -0.2) is 17.2 Å². The number of hydrogen-bond acceptors (Lipinski definition) is 1. The number of amides is 1. The summed E-state index contributed by atoms with van der Waals surface area (Å²) in [5, 5.41) is 9.33. The number of fused-ring (bicyclic) bond motifs is 1. The van der Waals surface area contributed by atoms with E-state index < -0.39 is 6.09 Å². The number of para-hydroxylation sites is 1. The zero-order valence-electron chi connectivity index (χ0n) is 9.68. The van der Waals surface area contributed by atoms with E-state index in [9.17, 15) is 9.90 Å². The van der Waals surface area contributed by atoms with E-state index >= 15 is 0 Å². The molecule has 1 aliphatic heterocycles. The van der Waals surface area contributed by atoms with Crippen molar-refractivity contribution in [2.24, 2.45) is 5.92 Å². The Kier molecular flexibility index (Phi) is 2.86. The van der Waals surface area contributed by atoms with Crippen molar-refractivity contribution in [3.05, 3.63) is 29.8 Å². The molecule has 1 unspecified atom stereocenters. The number of carbonyl (C=O) groups is 1. The lowest BCUT2D eigenvalue weighted by Crippen LogP contribution is -2.45. The van der Waals surface area contributed by atoms with Gasteiger partial charge in [0.25, 0.3) is 0 Å². The van der Waals surface area contributed by atoms with Crippen molar-refractivity contribution in [1.82, 2.24) is 0 Å². The molecule has 3 nitrogen and oxygen atoms in total. The average Bonchev–Trinajstić information content (AvgIpc) is 2.27. The van der Waals surface area contributed by atoms with Crippen LogP contribution < -0.4 is 4.90 Å². The molecule has 1 heterocycles. The van der Waals surface area contributed by atoms with Gasteiger partial charge < -0.3 is 5.11 Å². The summed E-state index contributed by atoms with van der Waals surface area (Å²) in [6.07, 6.45) is 1.05. The minimum atomic E-state index is -0.842. The van der Waals surface area contributed by atoms with Crippen LogP contribution in [0.2, 0.25) is 0 Å². The minimum absolute atomic E-state index is 0.104. The fourth-order valence-electron chi connectivity index (χ4n) is 2.44. The molecule has 1 atom stereocenters. The summed E-state index contributed by atoms with van der Waals surface area (Å²) in [6.45, 7) is 4.16. The lowest BCUT2D eigenvalue weighted by atomic mass is 9.90. The Balaban J connectivity index is 2.43. The van der Waals surface area contributed by atoms with Gasteiger partial charge in [0.1, 0.15) is 0 Å². The van der Waals surface area contributed by atoms with Crippen LogP contribution in [0.1, 0.15) is 25.8 Å². The van der Waals surface area contributed by atoms with Gasteiger partial charge in [-0.05, 0) is 30.4 Å². The van der Waals surface area contributed by atoms with Gasteiger partial charge in [-0.3, -0.25) is 4.90 Å². The highest BCUT2D eigenvalue weighted by molar-refractivity contribution is 5.88. The maximum absolute atomic E-state index is 11.4. The van der Waals surface area contributed by atoms with E-state index in [4.69, 9.17) is 0 Å². The van der Waals surface area contributed by atoms with E-state index in [1.807, 2.05) is 24.3 Å². The molecule has 1 aromatic carbocycles. The van der Waals surface area contributed by atoms with Crippen molar-refractivity contribution < 1.29 is 9.90 Å². The van der Waals surface area contributed by atoms with Crippen LogP contribution in [0.25, 0.3) is 0 Å². The summed E-state index contributed by atoms with van der Waals surface area (Å²) in [6, 6.07) is 7.89. The van der Waals surface area contributed by atoms with Crippen molar-refractivity contribution in [2.75, 3.05) is 4.90 Å². The van der Waals surface area contributed by atoms with Crippen molar-refractivity contribution in [1.29, 1.82) is 0 Å². The van der Waals surface area contributed by atoms with Gasteiger partial charge in [-0.1, -0.05) is 32.0 Å². The molecule has 0 aliphatic carbocycles. The number of rotatable bonds is 1. The number of hydrogen-bond donors (Lipinski definition) is 1. The third-order valence-electron chi connectivity index (χ3n) is 3.27. The number of nitrogens with zero attached hydrogens (tertiary/aromatic N) is 1. The van der Waals surface area contributed by atoms with Gasteiger partial charge in [-0.25, -0.2) is 4.79 Å². The van der Waals surface area contributed by atoms with Gasteiger partial charge in [0.05, 0.1) is 5.69 Å². The average molecular weight is 219 g/mol. The molecule has 2 rings (SSSR count). The minimum Gasteiger partial charge on any atom is -0.465 e. The highest BCUT2D eigenvalue weighted by Gasteiger charge is 2.32. The second-order valence-electron chi connectivity index (χ2n) is 4.63. The van der Waals surface area contributed by atoms with Crippen molar-refractivity contribution >= 4 is 11.8 Å². The van der Waals surface area contributed by atoms with E-state index in [0.29, 0.717) is 5.92 Å². The maximum Gasteiger partial charge on any atom is 0.412 e. The highest BCUT2D eigenvalue weighted by atomic mass is 16.4. The summed E-state index contributed by atoms with van der Waals surface area (Å²) in [5.74, 6) is 0.351. The zero-order chi connectivity index (χ0) is 11.7. The Morgan fingerprint density at radius 3 is 2.75 bits per heavy atom. The highest BCUT2D eigenvalue weighted by Crippen LogP contribution is 2.33. The summed E-state index contributed by atoms with van der Waals surface area (Å²) < 4.78 is 0. The van der Waals surface area contributed by atoms with Crippen LogP contribution in [-0.2, 0) is 6.42 Å². The number of aryl methyl sites for hydroxylation is 1. The van der Waals surface area contributed by atoms with Crippen LogP contribution in [0.15, 0.2) is 24.3 Å². The fourth-order valence-corrected chi connectivity index (χ4v) is 2.44. The Morgan fingerprint density at radius 2 is 2.12 bits per heavy atom. The second-order valence-corrected chi connectivity index (χ2v) is 4.63. The van der Waals surface area contributed by atoms with Gasteiger partial charge >= 0.3 is 6.09 Å². The maximum atomic E-state index is 11.4. The molecule has 0 bridgehead atoms. The standard InChI is InChI=1S/C13H17NO2/c1-9(2)11-8-7-10-5-3-4-6-12(10)14(11)13(15)16/h3-6,9,11H,7-8H2,1-2H3,(H,15,16). The number of carboxylic acid groups (broad SMARTS) is 1. The molecular weight excluding hydrogens is 202 g/mol. The topological polar surface area (TPSA) is 40.5 Å². The van der Waals surface area contributed by atoms with Gasteiger partial charge in [0, 0.05) is 6.04 Å². The number of anilines is 1. The van der Waals surface area contributed by atoms with E-state index in [1.54, 1.807) is 0 Å². The van der Waals surface area contributed by atoms with Crippen LogP contribution >= 0.6 is 0 Å². The van der Waals surface area contributed by atoms with Crippen molar-refractivity contribution in [3.63, 3.8) is 0 Å². The molecule has 0 aromatic heterocycles. The molecule has 1 aromatic rings. The molecule has 0 radical (unpaired) electrons. The van der Waals surface area contributed by atoms with Gasteiger partial charge in [-0.2, -0.15) is 0 Å².